The van der Waals surface area contributed by atoms with Crippen molar-refractivity contribution in [1.29, 1.82) is 5.26 Å². The fourth-order valence-electron chi connectivity index (χ4n) is 3.86. The molecule has 0 radical (unpaired) electrons. The molecule has 1 aromatic heterocycles. The number of nitriles is 1. The highest BCUT2D eigenvalue weighted by molar-refractivity contribution is 6.42. The van der Waals surface area contributed by atoms with Gasteiger partial charge in [-0.05, 0) is 28.5 Å². The summed E-state index contributed by atoms with van der Waals surface area (Å²) in [6, 6.07) is 21.7. The van der Waals surface area contributed by atoms with Crippen molar-refractivity contribution in [3.63, 3.8) is 0 Å². The summed E-state index contributed by atoms with van der Waals surface area (Å²) < 4.78 is 5.66. The number of aromatic amines is 1. The smallest absolute Gasteiger partial charge is 0.244 e. The van der Waals surface area contributed by atoms with Gasteiger partial charge in [-0.1, -0.05) is 71.7 Å². The molecule has 0 bridgehead atoms. The van der Waals surface area contributed by atoms with Gasteiger partial charge in [0, 0.05) is 5.56 Å². The van der Waals surface area contributed by atoms with Crippen LogP contribution in [0.25, 0.3) is 22.0 Å². The molecule has 30 heavy (non-hydrogen) atoms. The van der Waals surface area contributed by atoms with Crippen molar-refractivity contribution >= 4 is 34.0 Å². The zero-order chi connectivity index (χ0) is 20.8. The molecule has 0 spiro atoms. The van der Waals surface area contributed by atoms with Crippen molar-refractivity contribution in [3.05, 3.63) is 93.3 Å². The highest BCUT2D eigenvalue weighted by atomic mass is 35.5. The van der Waals surface area contributed by atoms with Gasteiger partial charge in [-0.3, -0.25) is 5.10 Å². The number of hydrogen-bond donors (Lipinski definition) is 2. The number of ether oxygens (including phenoxy) is 1. The lowest BCUT2D eigenvalue weighted by Crippen LogP contribution is -2.21. The number of benzene rings is 3. The molecule has 1 aliphatic heterocycles. The average molecular weight is 433 g/mol. The maximum Gasteiger partial charge on any atom is 0.244 e. The van der Waals surface area contributed by atoms with Crippen LogP contribution in [0.1, 0.15) is 17.0 Å². The molecule has 146 valence electrons. The number of aromatic nitrogens is 2. The van der Waals surface area contributed by atoms with Crippen molar-refractivity contribution in [2.24, 2.45) is 5.73 Å². The largest absolute Gasteiger partial charge is 0.420 e. The summed E-state index contributed by atoms with van der Waals surface area (Å²) in [4.78, 5) is 0. The molecule has 3 aromatic carbocycles. The van der Waals surface area contributed by atoms with E-state index >= 15 is 0 Å². The molecule has 5 nitrogen and oxygen atoms in total. The monoisotopic (exact) mass is 432 g/mol. The van der Waals surface area contributed by atoms with Crippen molar-refractivity contribution in [2.45, 2.75) is 5.92 Å². The molecule has 0 fully saturated rings. The first-order valence-corrected chi connectivity index (χ1v) is 9.93. The summed E-state index contributed by atoms with van der Waals surface area (Å²) in [5.41, 5.74) is 9.31. The van der Waals surface area contributed by atoms with E-state index in [1.54, 1.807) is 12.1 Å². The van der Waals surface area contributed by atoms with Crippen LogP contribution in [-0.4, -0.2) is 10.2 Å². The van der Waals surface area contributed by atoms with E-state index in [4.69, 9.17) is 33.7 Å². The van der Waals surface area contributed by atoms with Crippen LogP contribution in [0.3, 0.4) is 0 Å². The number of H-pyrrole nitrogens is 1. The summed E-state index contributed by atoms with van der Waals surface area (Å²) in [6.45, 7) is 0. The number of nitrogens with two attached hydrogens (primary N) is 1. The molecule has 0 saturated carbocycles. The molecule has 7 heteroatoms. The molecule has 0 saturated heterocycles. The number of fused-ring (bicyclic) bond motifs is 2. The Labute approximate surface area is 182 Å². The van der Waals surface area contributed by atoms with Crippen molar-refractivity contribution in [1.82, 2.24) is 10.2 Å². The second-order valence-corrected chi connectivity index (χ2v) is 7.73. The van der Waals surface area contributed by atoms with Crippen LogP contribution < -0.4 is 10.5 Å². The van der Waals surface area contributed by atoms with Crippen LogP contribution in [0, 0.1) is 11.3 Å². The first-order valence-electron chi connectivity index (χ1n) is 9.17. The van der Waals surface area contributed by atoms with Gasteiger partial charge in [-0.15, -0.1) is 5.10 Å². The Bertz CT molecular complexity index is 1380. The molecule has 1 unspecified atom stereocenters. The van der Waals surface area contributed by atoms with Gasteiger partial charge in [0.05, 0.1) is 27.2 Å². The third-order valence-corrected chi connectivity index (χ3v) is 6.10. The molecule has 1 aliphatic rings. The minimum atomic E-state index is -0.565. The topological polar surface area (TPSA) is 87.7 Å². The van der Waals surface area contributed by atoms with E-state index in [1.165, 1.54) is 0 Å². The van der Waals surface area contributed by atoms with Gasteiger partial charge in [0.25, 0.3) is 0 Å². The number of nitrogens with zero attached hydrogens (tertiary/aromatic N) is 2. The Balaban J connectivity index is 1.76. The van der Waals surface area contributed by atoms with Gasteiger partial charge in [-0.25, -0.2) is 0 Å². The van der Waals surface area contributed by atoms with Gasteiger partial charge < -0.3 is 10.5 Å². The molecule has 3 N–H and O–H groups in total. The molecule has 4 aromatic rings. The molecule has 2 heterocycles. The van der Waals surface area contributed by atoms with E-state index in [0.29, 0.717) is 27.1 Å². The van der Waals surface area contributed by atoms with Crippen LogP contribution in [0.15, 0.2) is 72.1 Å². The summed E-state index contributed by atoms with van der Waals surface area (Å²) in [7, 11) is 0. The van der Waals surface area contributed by atoms with Crippen molar-refractivity contribution in [3.8, 4) is 23.2 Å². The zero-order valence-corrected chi connectivity index (χ0v) is 17.0. The minimum Gasteiger partial charge on any atom is -0.420 e. The average Bonchev–Trinajstić information content (AvgIpc) is 3.18. The Hall–Kier alpha value is -3.46. The lowest BCUT2D eigenvalue weighted by Gasteiger charge is -2.25. The predicted molar refractivity (Wildman–Crippen MR) is 117 cm³/mol. The first kappa shape index (κ1) is 18.6. The lowest BCUT2D eigenvalue weighted by atomic mass is 9.83. The summed E-state index contributed by atoms with van der Waals surface area (Å²) in [5, 5.41) is 20.2. The molecular weight excluding hydrogens is 419 g/mol. The number of hydrogen-bond acceptors (Lipinski definition) is 4. The zero-order valence-electron chi connectivity index (χ0n) is 15.5. The fraction of sp³-hybridized carbons (Fsp3) is 0.0435. The third-order valence-electron chi connectivity index (χ3n) is 5.27. The Morgan fingerprint density at radius 3 is 2.63 bits per heavy atom. The lowest BCUT2D eigenvalue weighted by molar-refractivity contribution is 0.379. The standard InChI is InChI=1S/C23H14Cl2N4O/c24-17-7-3-6-15(20(17)25)18-16(11-26)22(27)30-23-19(18)21(28-29-23)14-9-8-12-4-1-2-5-13(12)10-14/h1-10,18H,27H2,(H,28,29). The highest BCUT2D eigenvalue weighted by Crippen LogP contribution is 2.48. The van der Waals surface area contributed by atoms with Gasteiger partial charge in [0.2, 0.25) is 11.8 Å². The summed E-state index contributed by atoms with van der Waals surface area (Å²) in [5.74, 6) is -0.247. The SMILES string of the molecule is N#CC1=C(N)Oc2n[nH]c(-c3ccc4ccccc4c3)c2C1c1cccc(Cl)c1Cl. The van der Waals surface area contributed by atoms with E-state index in [1.807, 2.05) is 36.4 Å². The third kappa shape index (κ3) is 2.81. The van der Waals surface area contributed by atoms with Crippen LogP contribution in [-0.2, 0) is 0 Å². The second-order valence-electron chi connectivity index (χ2n) is 6.95. The molecule has 0 aliphatic carbocycles. The van der Waals surface area contributed by atoms with Gasteiger partial charge >= 0.3 is 0 Å². The Morgan fingerprint density at radius 2 is 1.83 bits per heavy atom. The van der Waals surface area contributed by atoms with Crippen molar-refractivity contribution < 1.29 is 4.74 Å². The van der Waals surface area contributed by atoms with E-state index in [0.717, 1.165) is 22.0 Å². The van der Waals surface area contributed by atoms with Crippen LogP contribution >= 0.6 is 23.2 Å². The molecular formula is C23H14Cl2N4O. The van der Waals surface area contributed by atoms with Crippen LogP contribution in [0.4, 0.5) is 0 Å². The second kappa shape index (κ2) is 7.10. The van der Waals surface area contributed by atoms with Crippen molar-refractivity contribution in [2.75, 3.05) is 0 Å². The molecule has 0 amide bonds. The normalized spacial score (nSPS) is 15.6. The number of allylic oxidation sites excluding steroid dienone is 1. The Kier molecular flexibility index (Phi) is 4.39. The maximum atomic E-state index is 9.84. The predicted octanol–water partition coefficient (Wildman–Crippen LogP) is 5.75. The first-order chi connectivity index (χ1) is 14.6. The van der Waals surface area contributed by atoms with Gasteiger partial charge in [-0.2, -0.15) is 5.26 Å². The van der Waals surface area contributed by atoms with Crippen LogP contribution in [0.5, 0.6) is 5.88 Å². The van der Waals surface area contributed by atoms with Gasteiger partial charge in [0.1, 0.15) is 11.6 Å². The minimum absolute atomic E-state index is 0.00241. The number of halogens is 2. The molecule has 1 atom stereocenters. The maximum absolute atomic E-state index is 9.84. The highest BCUT2D eigenvalue weighted by Gasteiger charge is 2.36. The van der Waals surface area contributed by atoms with E-state index < -0.39 is 5.92 Å². The fourth-order valence-corrected chi connectivity index (χ4v) is 4.28. The Morgan fingerprint density at radius 1 is 1.03 bits per heavy atom. The van der Waals surface area contributed by atoms with E-state index in [2.05, 4.69) is 28.4 Å². The van der Waals surface area contributed by atoms with E-state index in [9.17, 15) is 5.26 Å². The van der Waals surface area contributed by atoms with E-state index in [-0.39, 0.29) is 11.5 Å². The number of rotatable bonds is 2. The van der Waals surface area contributed by atoms with Gasteiger partial charge in [0.15, 0.2) is 0 Å². The quantitative estimate of drug-likeness (QED) is 0.421. The molecule has 5 rings (SSSR count). The van der Waals surface area contributed by atoms with Crippen LogP contribution in [0.2, 0.25) is 10.0 Å². The summed E-state index contributed by atoms with van der Waals surface area (Å²) >= 11 is 12.8. The summed E-state index contributed by atoms with van der Waals surface area (Å²) in [6.07, 6.45) is 0. The number of nitrogens with one attached hydrogen (secondary N) is 1.